The van der Waals surface area contributed by atoms with Gasteiger partial charge in [0.15, 0.2) is 0 Å². The molecule has 6 heteroatoms. The van der Waals surface area contributed by atoms with Crippen LogP contribution in [0.25, 0.3) is 0 Å². The van der Waals surface area contributed by atoms with Crippen LogP contribution in [-0.4, -0.2) is 41.2 Å². The van der Waals surface area contributed by atoms with Crippen LogP contribution in [0, 0.1) is 0 Å². The van der Waals surface area contributed by atoms with E-state index in [-0.39, 0.29) is 5.97 Å². The monoisotopic (exact) mass is 430 g/mol. The molecule has 5 nitrogen and oxygen atoms in total. The van der Waals surface area contributed by atoms with E-state index >= 15 is 0 Å². The average Bonchev–Trinajstić information content (AvgIpc) is 2.72. The number of unbranched alkanes of at least 4 members (excludes halogenated alkanes) is 8. The minimum absolute atomic E-state index is 0.333. The van der Waals surface area contributed by atoms with Gasteiger partial charge in [-0.3, -0.25) is 0 Å². The Labute approximate surface area is 180 Å². The average molecular weight is 431 g/mol. The van der Waals surface area contributed by atoms with Crippen LogP contribution in [0.5, 0.6) is 0 Å². The Bertz CT molecular complexity index is 363. The minimum atomic E-state index is -2.57. The summed E-state index contributed by atoms with van der Waals surface area (Å²) in [4.78, 5) is 11.0. The zero-order valence-electron chi connectivity index (χ0n) is 19.3. The van der Waals surface area contributed by atoms with E-state index in [1.54, 1.807) is 0 Å². The number of hydrogen-bond donors (Lipinski definition) is 0. The van der Waals surface area contributed by atoms with Crippen LogP contribution in [0.2, 0.25) is 6.04 Å². The zero-order valence-corrected chi connectivity index (χ0v) is 20.3. The highest BCUT2D eigenvalue weighted by molar-refractivity contribution is 6.60. The quantitative estimate of drug-likeness (QED) is 0.0855. The number of esters is 1. The van der Waals surface area contributed by atoms with Crippen molar-refractivity contribution in [1.29, 1.82) is 0 Å². The second kappa shape index (κ2) is 20.6. The maximum Gasteiger partial charge on any atom is 0.500 e. The molecular weight excluding hydrogens is 384 g/mol. The molecule has 0 fully saturated rings. The molecule has 0 bridgehead atoms. The smallest absolute Gasteiger partial charge is 0.463 e. The van der Waals surface area contributed by atoms with Gasteiger partial charge in [0, 0.05) is 31.9 Å². The molecule has 0 saturated carbocycles. The molecule has 0 atom stereocenters. The van der Waals surface area contributed by atoms with Gasteiger partial charge in [0.25, 0.3) is 0 Å². The molecule has 0 N–H and O–H groups in total. The maximum absolute atomic E-state index is 11.0. The molecule has 0 aliphatic heterocycles. The second-order valence-corrected chi connectivity index (χ2v) is 10.3. The van der Waals surface area contributed by atoms with Crippen molar-refractivity contribution >= 4 is 14.8 Å². The maximum atomic E-state index is 11.0. The molecule has 0 aromatic heterocycles. The van der Waals surface area contributed by atoms with E-state index in [0.717, 1.165) is 96.5 Å². The third-order valence-corrected chi connectivity index (χ3v) is 7.65. The second-order valence-electron chi connectivity index (χ2n) is 7.53. The van der Waals surface area contributed by atoms with Crippen molar-refractivity contribution in [2.45, 2.75) is 104 Å². The van der Waals surface area contributed by atoms with Crippen LogP contribution in [-0.2, 0) is 22.8 Å². The summed E-state index contributed by atoms with van der Waals surface area (Å²) in [5, 5.41) is 0. The number of rotatable bonds is 22. The molecule has 0 radical (unpaired) electrons. The number of carbonyl (C=O) groups excluding carboxylic acids is 1. The summed E-state index contributed by atoms with van der Waals surface area (Å²) >= 11 is 0. The van der Waals surface area contributed by atoms with E-state index in [2.05, 4.69) is 27.4 Å². The summed E-state index contributed by atoms with van der Waals surface area (Å²) in [6, 6.07) is 0.918. The van der Waals surface area contributed by atoms with Crippen molar-refractivity contribution in [3.8, 4) is 0 Å². The number of ether oxygens (including phenoxy) is 1. The molecule has 0 heterocycles. The van der Waals surface area contributed by atoms with Gasteiger partial charge in [0.1, 0.15) is 0 Å². The van der Waals surface area contributed by atoms with E-state index in [1.807, 2.05) is 0 Å². The van der Waals surface area contributed by atoms with Gasteiger partial charge in [0.2, 0.25) is 0 Å². The lowest BCUT2D eigenvalue weighted by atomic mass is 10.1. The Balaban J connectivity index is 4.29. The molecule has 0 aliphatic carbocycles. The molecule has 0 aromatic carbocycles. The van der Waals surface area contributed by atoms with E-state index < -0.39 is 8.80 Å². The Hall–Kier alpha value is -0.693. The first-order chi connectivity index (χ1) is 14.1. The Kier molecular flexibility index (Phi) is 20.1. The minimum Gasteiger partial charge on any atom is -0.463 e. The standard InChI is InChI=1S/C23H46O5Si/c1-5-9-19-26-29(27-20-10-6-2,28-21-11-7-3)22-17-15-13-12-14-16-18-25-23(24)8-4/h8H,4-7,9-22H2,1-3H3. The summed E-state index contributed by atoms with van der Waals surface area (Å²) in [6.45, 7) is 12.7. The Morgan fingerprint density at radius 3 is 1.59 bits per heavy atom. The van der Waals surface area contributed by atoms with E-state index in [0.29, 0.717) is 6.61 Å². The van der Waals surface area contributed by atoms with Gasteiger partial charge in [-0.05, 0) is 32.1 Å². The Morgan fingerprint density at radius 1 is 0.690 bits per heavy atom. The summed E-state index contributed by atoms with van der Waals surface area (Å²) in [5.74, 6) is -0.333. The molecular formula is C23H46O5Si. The zero-order chi connectivity index (χ0) is 21.6. The molecule has 0 spiro atoms. The fourth-order valence-electron chi connectivity index (χ4n) is 2.84. The lowest BCUT2D eigenvalue weighted by Crippen LogP contribution is -2.46. The predicted octanol–water partition coefficient (Wildman–Crippen LogP) is 6.45. The van der Waals surface area contributed by atoms with E-state index in [4.69, 9.17) is 18.0 Å². The van der Waals surface area contributed by atoms with Crippen LogP contribution in [0.3, 0.4) is 0 Å². The fourth-order valence-corrected chi connectivity index (χ4v) is 5.57. The Morgan fingerprint density at radius 2 is 1.14 bits per heavy atom. The third-order valence-electron chi connectivity index (χ3n) is 4.75. The summed E-state index contributed by atoms with van der Waals surface area (Å²) in [6.07, 6.45) is 14.3. The molecule has 0 aromatic rings. The van der Waals surface area contributed by atoms with Crippen LogP contribution in [0.15, 0.2) is 12.7 Å². The first-order valence-corrected chi connectivity index (χ1v) is 13.8. The summed E-state index contributed by atoms with van der Waals surface area (Å²) < 4.78 is 23.9. The predicted molar refractivity (Wildman–Crippen MR) is 122 cm³/mol. The van der Waals surface area contributed by atoms with Gasteiger partial charge < -0.3 is 18.0 Å². The van der Waals surface area contributed by atoms with Crippen LogP contribution in [0.1, 0.15) is 97.8 Å². The molecule has 0 aliphatic rings. The first-order valence-electron chi connectivity index (χ1n) is 11.8. The fraction of sp³-hybridized carbons (Fsp3) is 0.870. The lowest BCUT2D eigenvalue weighted by Gasteiger charge is -2.30. The molecule has 0 unspecified atom stereocenters. The van der Waals surface area contributed by atoms with Crippen molar-refractivity contribution in [2.75, 3.05) is 26.4 Å². The van der Waals surface area contributed by atoms with Gasteiger partial charge in [0.05, 0.1) is 6.61 Å². The molecule has 0 rings (SSSR count). The molecule has 0 saturated heterocycles. The van der Waals surface area contributed by atoms with Crippen LogP contribution in [0.4, 0.5) is 0 Å². The van der Waals surface area contributed by atoms with Gasteiger partial charge in [-0.25, -0.2) is 4.79 Å². The van der Waals surface area contributed by atoms with Crippen molar-refractivity contribution in [1.82, 2.24) is 0 Å². The van der Waals surface area contributed by atoms with Gasteiger partial charge >= 0.3 is 14.8 Å². The highest BCUT2D eigenvalue weighted by Crippen LogP contribution is 2.22. The largest absolute Gasteiger partial charge is 0.500 e. The van der Waals surface area contributed by atoms with Crippen molar-refractivity contribution in [3.63, 3.8) is 0 Å². The van der Waals surface area contributed by atoms with Crippen molar-refractivity contribution in [2.24, 2.45) is 0 Å². The van der Waals surface area contributed by atoms with Gasteiger partial charge in [-0.1, -0.05) is 72.3 Å². The van der Waals surface area contributed by atoms with Gasteiger partial charge in [-0.15, -0.1) is 0 Å². The number of hydrogen-bond acceptors (Lipinski definition) is 5. The topological polar surface area (TPSA) is 54.0 Å². The summed E-state index contributed by atoms with van der Waals surface area (Å²) in [5.41, 5.74) is 0. The molecule has 29 heavy (non-hydrogen) atoms. The van der Waals surface area contributed by atoms with Gasteiger partial charge in [-0.2, -0.15) is 0 Å². The van der Waals surface area contributed by atoms with Crippen molar-refractivity contribution < 1.29 is 22.8 Å². The van der Waals surface area contributed by atoms with E-state index in [9.17, 15) is 4.79 Å². The van der Waals surface area contributed by atoms with E-state index in [1.165, 1.54) is 12.5 Å². The third kappa shape index (κ3) is 16.8. The lowest BCUT2D eigenvalue weighted by molar-refractivity contribution is -0.137. The SMILES string of the molecule is C=CC(=O)OCCCCCCCC[Si](OCCCC)(OCCCC)OCCCC. The van der Waals surface area contributed by atoms with Crippen LogP contribution < -0.4 is 0 Å². The van der Waals surface area contributed by atoms with Crippen LogP contribution >= 0.6 is 0 Å². The van der Waals surface area contributed by atoms with Crippen molar-refractivity contribution in [3.05, 3.63) is 12.7 Å². The molecule has 0 amide bonds. The molecule has 172 valence electrons. The number of carbonyl (C=O) groups is 1. The highest BCUT2D eigenvalue weighted by atomic mass is 28.4. The summed E-state index contributed by atoms with van der Waals surface area (Å²) in [7, 11) is -2.57. The highest BCUT2D eigenvalue weighted by Gasteiger charge is 2.40. The first kappa shape index (κ1) is 28.3. The normalized spacial score (nSPS) is 11.6.